The number of amides is 1. The van der Waals surface area contributed by atoms with Crippen LogP contribution < -0.4 is 10.0 Å². The van der Waals surface area contributed by atoms with Crippen LogP contribution >= 0.6 is 11.3 Å². The zero-order chi connectivity index (χ0) is 19.9. The highest BCUT2D eigenvalue weighted by atomic mass is 32.2. The zero-order valence-electron chi connectivity index (χ0n) is 14.4. The van der Waals surface area contributed by atoms with Crippen LogP contribution in [0.3, 0.4) is 0 Å². The number of rotatable bonds is 9. The van der Waals surface area contributed by atoms with Crippen molar-refractivity contribution in [2.75, 3.05) is 18.5 Å². The van der Waals surface area contributed by atoms with Crippen molar-refractivity contribution in [3.8, 4) is 0 Å². The fourth-order valence-electron chi connectivity index (χ4n) is 2.01. The van der Waals surface area contributed by atoms with E-state index < -0.39 is 28.5 Å². The molecule has 0 spiro atoms. The monoisotopic (exact) mass is 410 g/mol. The molecule has 0 saturated carbocycles. The number of hydrogen-bond acceptors (Lipinski definition) is 7. The van der Waals surface area contributed by atoms with E-state index in [-0.39, 0.29) is 23.0 Å². The van der Waals surface area contributed by atoms with E-state index in [1.54, 1.807) is 29.6 Å². The van der Waals surface area contributed by atoms with Gasteiger partial charge in [0.25, 0.3) is 5.91 Å². The van der Waals surface area contributed by atoms with Crippen LogP contribution in [0.1, 0.15) is 23.7 Å². The van der Waals surface area contributed by atoms with Crippen LogP contribution in [0.5, 0.6) is 0 Å². The van der Waals surface area contributed by atoms with Crippen LogP contribution in [0.4, 0.5) is 5.69 Å². The summed E-state index contributed by atoms with van der Waals surface area (Å²) in [5.41, 5.74) is 0.857. The predicted molar refractivity (Wildman–Crippen MR) is 100 cm³/mol. The Morgan fingerprint density at radius 2 is 1.93 bits per heavy atom. The van der Waals surface area contributed by atoms with E-state index >= 15 is 0 Å². The number of thiophene rings is 1. The van der Waals surface area contributed by atoms with E-state index in [0.29, 0.717) is 11.3 Å². The molecule has 0 fully saturated rings. The van der Waals surface area contributed by atoms with E-state index in [4.69, 9.17) is 4.74 Å². The molecule has 0 aliphatic heterocycles. The van der Waals surface area contributed by atoms with Crippen LogP contribution in [0, 0.1) is 0 Å². The molecule has 1 aromatic heterocycles. The van der Waals surface area contributed by atoms with E-state index in [0.717, 1.165) is 11.3 Å². The molecule has 0 radical (unpaired) electrons. The maximum Gasteiger partial charge on any atom is 0.307 e. The first kappa shape index (κ1) is 20.7. The lowest BCUT2D eigenvalue weighted by atomic mass is 10.1. The van der Waals surface area contributed by atoms with Crippen molar-refractivity contribution in [1.29, 1.82) is 0 Å². The fraction of sp³-hybridized carbons (Fsp3) is 0.235. The molecule has 0 atom stereocenters. The maximum absolute atomic E-state index is 11.9. The van der Waals surface area contributed by atoms with Crippen LogP contribution in [-0.2, 0) is 24.3 Å². The summed E-state index contributed by atoms with van der Waals surface area (Å²) in [6.45, 7) is 0.761. The number of carbonyl (C=O) groups excluding carboxylic acids is 3. The van der Waals surface area contributed by atoms with Crippen molar-refractivity contribution < 1.29 is 27.5 Å². The number of benzene rings is 1. The Hall–Kier alpha value is -2.56. The largest absolute Gasteiger partial charge is 0.456 e. The van der Waals surface area contributed by atoms with Crippen LogP contribution in [-0.4, -0.2) is 39.2 Å². The SMILES string of the molecule is CC(=O)c1cccc(NC(=O)COC(=O)CCNS(=O)(=O)c2cccs2)c1. The lowest BCUT2D eigenvalue weighted by molar-refractivity contribution is -0.147. The number of nitrogens with one attached hydrogen (secondary N) is 2. The first-order valence-corrected chi connectivity index (χ1v) is 10.2. The topological polar surface area (TPSA) is 119 Å². The lowest BCUT2D eigenvalue weighted by Gasteiger charge is -2.08. The van der Waals surface area contributed by atoms with E-state index in [2.05, 4.69) is 10.0 Å². The molecule has 2 aromatic rings. The Kier molecular flexibility index (Phi) is 7.22. The average molecular weight is 410 g/mol. The maximum atomic E-state index is 11.9. The minimum absolute atomic E-state index is 0.137. The number of ether oxygens (including phenoxy) is 1. The normalized spacial score (nSPS) is 11.0. The van der Waals surface area contributed by atoms with Gasteiger partial charge in [-0.25, -0.2) is 13.1 Å². The molecule has 1 heterocycles. The van der Waals surface area contributed by atoms with Gasteiger partial charge in [-0.05, 0) is 30.5 Å². The zero-order valence-corrected chi connectivity index (χ0v) is 16.1. The molecule has 0 aliphatic carbocycles. The first-order valence-electron chi connectivity index (χ1n) is 7.87. The molecule has 0 unspecified atom stereocenters. The third-order valence-electron chi connectivity index (χ3n) is 3.30. The Morgan fingerprint density at radius 3 is 2.59 bits per heavy atom. The average Bonchev–Trinajstić information content (AvgIpc) is 3.15. The summed E-state index contributed by atoms with van der Waals surface area (Å²) < 4.78 is 31.0. The third-order valence-corrected chi connectivity index (χ3v) is 6.16. The smallest absolute Gasteiger partial charge is 0.307 e. The first-order chi connectivity index (χ1) is 12.8. The molecule has 0 saturated heterocycles. The molecule has 0 aliphatic rings. The highest BCUT2D eigenvalue weighted by Crippen LogP contribution is 2.15. The molecular weight excluding hydrogens is 392 g/mol. The van der Waals surface area contributed by atoms with Gasteiger partial charge in [-0.15, -0.1) is 11.3 Å². The van der Waals surface area contributed by atoms with Gasteiger partial charge < -0.3 is 10.1 Å². The summed E-state index contributed by atoms with van der Waals surface area (Å²) in [5.74, 6) is -1.41. The van der Waals surface area contributed by atoms with Crippen LogP contribution in [0.25, 0.3) is 0 Å². The number of carbonyl (C=O) groups is 3. The summed E-state index contributed by atoms with van der Waals surface area (Å²) in [7, 11) is -3.64. The molecule has 8 nitrogen and oxygen atoms in total. The van der Waals surface area contributed by atoms with Crippen molar-refractivity contribution in [1.82, 2.24) is 4.72 Å². The predicted octanol–water partition coefficient (Wildman–Crippen LogP) is 1.80. The number of ketones is 1. The minimum atomic E-state index is -3.64. The molecule has 10 heteroatoms. The summed E-state index contributed by atoms with van der Waals surface area (Å²) in [4.78, 5) is 34.8. The standard InChI is InChI=1S/C17H18N2O6S2/c1-12(20)13-4-2-5-14(10-13)19-15(21)11-25-16(22)7-8-18-27(23,24)17-6-3-9-26-17/h2-6,9-10,18H,7-8,11H2,1H3,(H,19,21). The third kappa shape index (κ3) is 6.59. The van der Waals surface area contributed by atoms with Gasteiger partial charge in [0.2, 0.25) is 10.0 Å². The van der Waals surface area contributed by atoms with Gasteiger partial charge in [0, 0.05) is 17.8 Å². The van der Waals surface area contributed by atoms with Crippen LogP contribution in [0.15, 0.2) is 46.0 Å². The second-order valence-electron chi connectivity index (χ2n) is 5.43. The molecule has 27 heavy (non-hydrogen) atoms. The summed E-state index contributed by atoms with van der Waals surface area (Å²) >= 11 is 1.07. The Balaban J connectivity index is 1.73. The molecule has 144 valence electrons. The lowest BCUT2D eigenvalue weighted by Crippen LogP contribution is -2.27. The number of hydrogen-bond donors (Lipinski definition) is 2. The Bertz CT molecular complexity index is 923. The van der Waals surface area contributed by atoms with Crippen LogP contribution in [0.2, 0.25) is 0 Å². The highest BCUT2D eigenvalue weighted by Gasteiger charge is 2.15. The molecule has 2 rings (SSSR count). The fourth-order valence-corrected chi connectivity index (χ4v) is 4.08. The minimum Gasteiger partial charge on any atom is -0.456 e. The van der Waals surface area contributed by atoms with Gasteiger partial charge in [0.05, 0.1) is 6.42 Å². The van der Waals surface area contributed by atoms with Crippen molar-refractivity contribution in [3.63, 3.8) is 0 Å². The van der Waals surface area contributed by atoms with E-state index in [1.807, 2.05) is 0 Å². The second-order valence-corrected chi connectivity index (χ2v) is 8.37. The molecule has 0 bridgehead atoms. The van der Waals surface area contributed by atoms with Crippen molar-refractivity contribution >= 4 is 44.7 Å². The number of anilines is 1. The Labute approximate surface area is 160 Å². The van der Waals surface area contributed by atoms with Gasteiger partial charge >= 0.3 is 5.97 Å². The quantitative estimate of drug-likeness (QED) is 0.481. The van der Waals surface area contributed by atoms with Gasteiger partial charge in [-0.3, -0.25) is 14.4 Å². The van der Waals surface area contributed by atoms with Crippen molar-refractivity contribution in [3.05, 3.63) is 47.3 Å². The summed E-state index contributed by atoms with van der Waals surface area (Å²) in [6, 6.07) is 9.43. The van der Waals surface area contributed by atoms with Crippen molar-refractivity contribution in [2.24, 2.45) is 0 Å². The van der Waals surface area contributed by atoms with Gasteiger partial charge in [0.1, 0.15) is 4.21 Å². The highest BCUT2D eigenvalue weighted by molar-refractivity contribution is 7.91. The summed E-state index contributed by atoms with van der Waals surface area (Å²) in [5, 5.41) is 4.15. The Morgan fingerprint density at radius 1 is 1.15 bits per heavy atom. The summed E-state index contributed by atoms with van der Waals surface area (Å²) in [6.07, 6.45) is -0.211. The number of Topliss-reactive ketones (excluding diaryl/α,β-unsaturated/α-hetero) is 1. The van der Waals surface area contributed by atoms with Gasteiger partial charge in [-0.2, -0.15) is 0 Å². The van der Waals surface area contributed by atoms with Gasteiger partial charge in [0.15, 0.2) is 12.4 Å². The van der Waals surface area contributed by atoms with Gasteiger partial charge in [-0.1, -0.05) is 18.2 Å². The number of sulfonamides is 1. The molecule has 1 amide bonds. The van der Waals surface area contributed by atoms with Crippen molar-refractivity contribution in [2.45, 2.75) is 17.6 Å². The molecule has 1 aromatic carbocycles. The van der Waals surface area contributed by atoms with E-state index in [9.17, 15) is 22.8 Å². The second kappa shape index (κ2) is 9.40. The molecular formula is C17H18N2O6S2. The van der Waals surface area contributed by atoms with E-state index in [1.165, 1.54) is 19.1 Å². The molecule has 2 N–H and O–H groups in total. The number of esters is 1.